The summed E-state index contributed by atoms with van der Waals surface area (Å²) in [4.78, 5) is 12.0. The SMILES string of the molecule is COc1cc(C(=O)NCC2=CCCC=C2F)ccc1Br. The largest absolute Gasteiger partial charge is 0.496 e. The third-order valence-corrected chi connectivity index (χ3v) is 3.70. The number of halogens is 2. The van der Waals surface area contributed by atoms with E-state index < -0.39 is 0 Å². The molecule has 0 aromatic heterocycles. The Hall–Kier alpha value is -1.62. The van der Waals surface area contributed by atoms with Crippen molar-refractivity contribution in [2.45, 2.75) is 12.8 Å². The van der Waals surface area contributed by atoms with Crippen molar-refractivity contribution in [2.75, 3.05) is 13.7 Å². The van der Waals surface area contributed by atoms with E-state index in [2.05, 4.69) is 21.2 Å². The van der Waals surface area contributed by atoms with Gasteiger partial charge in [0.25, 0.3) is 5.91 Å². The topological polar surface area (TPSA) is 38.3 Å². The summed E-state index contributed by atoms with van der Waals surface area (Å²) in [6, 6.07) is 5.07. The van der Waals surface area contributed by atoms with Crippen molar-refractivity contribution >= 4 is 21.8 Å². The van der Waals surface area contributed by atoms with E-state index in [-0.39, 0.29) is 18.3 Å². The fourth-order valence-electron chi connectivity index (χ4n) is 1.93. The molecule has 5 heteroatoms. The standard InChI is InChI=1S/C15H15BrFNO2/c1-20-14-8-10(6-7-12(14)16)15(19)18-9-11-4-2-3-5-13(11)17/h4-8H,2-3,9H2,1H3,(H,18,19). The number of hydrogen-bond donors (Lipinski definition) is 1. The second kappa shape index (κ2) is 6.70. The molecule has 0 saturated carbocycles. The molecular weight excluding hydrogens is 325 g/mol. The monoisotopic (exact) mass is 339 g/mol. The Bertz CT molecular complexity index is 581. The summed E-state index contributed by atoms with van der Waals surface area (Å²) in [6.45, 7) is 0.194. The lowest BCUT2D eigenvalue weighted by molar-refractivity contribution is 0.0956. The minimum Gasteiger partial charge on any atom is -0.496 e. The maximum absolute atomic E-state index is 13.5. The van der Waals surface area contributed by atoms with Crippen LogP contribution in [-0.4, -0.2) is 19.6 Å². The van der Waals surface area contributed by atoms with Gasteiger partial charge in [0.15, 0.2) is 0 Å². The number of carbonyl (C=O) groups is 1. The molecule has 0 aliphatic heterocycles. The minimum atomic E-state index is -0.255. The molecule has 0 atom stereocenters. The fourth-order valence-corrected chi connectivity index (χ4v) is 2.34. The van der Waals surface area contributed by atoms with Gasteiger partial charge in [-0.1, -0.05) is 6.08 Å². The van der Waals surface area contributed by atoms with Gasteiger partial charge in [0.2, 0.25) is 0 Å². The lowest BCUT2D eigenvalue weighted by Crippen LogP contribution is -2.26. The molecule has 1 amide bonds. The molecule has 0 bridgehead atoms. The minimum absolute atomic E-state index is 0.194. The predicted molar refractivity (Wildman–Crippen MR) is 79.5 cm³/mol. The molecule has 1 aromatic carbocycles. The maximum Gasteiger partial charge on any atom is 0.251 e. The normalized spacial score (nSPS) is 14.3. The van der Waals surface area contributed by atoms with Gasteiger partial charge < -0.3 is 10.1 Å². The van der Waals surface area contributed by atoms with Gasteiger partial charge in [0, 0.05) is 17.7 Å². The van der Waals surface area contributed by atoms with Crippen LogP contribution in [0.15, 0.2) is 46.2 Å². The summed E-state index contributed by atoms with van der Waals surface area (Å²) in [5.74, 6) is 0.0839. The van der Waals surface area contributed by atoms with Crippen molar-refractivity contribution < 1.29 is 13.9 Å². The third kappa shape index (κ3) is 3.48. The molecule has 0 heterocycles. The Kier molecular flexibility index (Phi) is 4.95. The average Bonchev–Trinajstić information content (AvgIpc) is 2.46. The van der Waals surface area contributed by atoms with Crippen LogP contribution in [0.3, 0.4) is 0 Å². The Morgan fingerprint density at radius 3 is 2.85 bits per heavy atom. The van der Waals surface area contributed by atoms with Gasteiger partial charge in [0.05, 0.1) is 11.6 Å². The van der Waals surface area contributed by atoms with E-state index in [9.17, 15) is 9.18 Å². The lowest BCUT2D eigenvalue weighted by Gasteiger charge is -2.12. The predicted octanol–water partition coefficient (Wildman–Crippen LogP) is 3.76. The first-order chi connectivity index (χ1) is 9.61. The molecule has 20 heavy (non-hydrogen) atoms. The van der Waals surface area contributed by atoms with Crippen LogP contribution < -0.4 is 10.1 Å². The van der Waals surface area contributed by atoms with Crippen LogP contribution in [0, 0.1) is 0 Å². The van der Waals surface area contributed by atoms with Gasteiger partial charge in [0.1, 0.15) is 11.6 Å². The van der Waals surface area contributed by atoms with Gasteiger partial charge in [-0.3, -0.25) is 4.79 Å². The van der Waals surface area contributed by atoms with Crippen LogP contribution in [0.25, 0.3) is 0 Å². The zero-order chi connectivity index (χ0) is 14.5. The molecule has 0 saturated heterocycles. The summed E-state index contributed by atoms with van der Waals surface area (Å²) in [7, 11) is 1.54. The van der Waals surface area contributed by atoms with Crippen molar-refractivity contribution in [2.24, 2.45) is 0 Å². The molecule has 3 nitrogen and oxygen atoms in total. The third-order valence-electron chi connectivity index (χ3n) is 3.04. The highest BCUT2D eigenvalue weighted by atomic mass is 79.9. The molecule has 1 N–H and O–H groups in total. The molecule has 106 valence electrons. The van der Waals surface area contributed by atoms with Crippen molar-refractivity contribution in [1.82, 2.24) is 5.32 Å². The van der Waals surface area contributed by atoms with Gasteiger partial charge in [-0.25, -0.2) is 4.39 Å². The van der Waals surface area contributed by atoms with E-state index in [1.165, 1.54) is 7.11 Å². The summed E-state index contributed by atoms with van der Waals surface area (Å²) >= 11 is 3.33. The second-order valence-electron chi connectivity index (χ2n) is 4.39. The van der Waals surface area contributed by atoms with Crippen molar-refractivity contribution in [3.05, 3.63) is 51.8 Å². The van der Waals surface area contributed by atoms with Crippen molar-refractivity contribution in [3.63, 3.8) is 0 Å². The molecule has 2 rings (SSSR count). The number of methoxy groups -OCH3 is 1. The number of nitrogens with one attached hydrogen (secondary N) is 1. The highest BCUT2D eigenvalue weighted by Gasteiger charge is 2.12. The van der Waals surface area contributed by atoms with E-state index in [1.807, 2.05) is 6.08 Å². The van der Waals surface area contributed by atoms with E-state index >= 15 is 0 Å². The Morgan fingerprint density at radius 1 is 1.40 bits per heavy atom. The summed E-state index contributed by atoms with van der Waals surface area (Å²) < 4.78 is 19.4. The molecule has 1 aliphatic rings. The van der Waals surface area contributed by atoms with E-state index in [4.69, 9.17) is 4.74 Å². The Labute approximate surface area is 125 Å². The molecule has 0 unspecified atom stereocenters. The Balaban J connectivity index is 2.02. The highest BCUT2D eigenvalue weighted by Crippen LogP contribution is 2.25. The smallest absolute Gasteiger partial charge is 0.251 e. The van der Waals surface area contributed by atoms with Gasteiger partial charge in [-0.05, 0) is 53.0 Å². The summed E-state index contributed by atoms with van der Waals surface area (Å²) in [5, 5.41) is 2.71. The average molecular weight is 340 g/mol. The van der Waals surface area contributed by atoms with Gasteiger partial charge in [-0.15, -0.1) is 0 Å². The van der Waals surface area contributed by atoms with E-state index in [0.29, 0.717) is 23.3 Å². The second-order valence-corrected chi connectivity index (χ2v) is 5.25. The fraction of sp³-hybridized carbons (Fsp3) is 0.267. The van der Waals surface area contributed by atoms with Crippen LogP contribution in [0.4, 0.5) is 4.39 Å². The number of rotatable bonds is 4. The molecule has 1 aliphatic carbocycles. The van der Waals surface area contributed by atoms with Crippen LogP contribution in [0.1, 0.15) is 23.2 Å². The van der Waals surface area contributed by atoms with Crippen LogP contribution >= 0.6 is 15.9 Å². The van der Waals surface area contributed by atoms with Crippen molar-refractivity contribution in [3.8, 4) is 5.75 Å². The lowest BCUT2D eigenvalue weighted by atomic mass is 10.1. The highest BCUT2D eigenvalue weighted by molar-refractivity contribution is 9.10. The van der Waals surface area contributed by atoms with Crippen LogP contribution in [0.5, 0.6) is 5.75 Å². The first-order valence-electron chi connectivity index (χ1n) is 6.28. The zero-order valence-corrected chi connectivity index (χ0v) is 12.7. The number of amides is 1. The number of carbonyl (C=O) groups excluding carboxylic acids is 1. The molecule has 0 fully saturated rings. The first-order valence-corrected chi connectivity index (χ1v) is 7.08. The van der Waals surface area contributed by atoms with Gasteiger partial charge in [-0.2, -0.15) is 0 Å². The van der Waals surface area contributed by atoms with E-state index in [1.54, 1.807) is 24.3 Å². The van der Waals surface area contributed by atoms with E-state index in [0.717, 1.165) is 10.9 Å². The molecule has 1 aromatic rings. The number of allylic oxidation sites excluding steroid dienone is 2. The quantitative estimate of drug-likeness (QED) is 0.906. The summed E-state index contributed by atoms with van der Waals surface area (Å²) in [6.07, 6.45) is 4.89. The number of benzene rings is 1. The Morgan fingerprint density at radius 2 is 2.15 bits per heavy atom. The zero-order valence-electron chi connectivity index (χ0n) is 11.1. The molecule has 0 spiro atoms. The molecular formula is C15H15BrFNO2. The summed E-state index contributed by atoms with van der Waals surface area (Å²) in [5.41, 5.74) is 1.01. The van der Waals surface area contributed by atoms with Crippen LogP contribution in [0.2, 0.25) is 0 Å². The molecule has 0 radical (unpaired) electrons. The maximum atomic E-state index is 13.5. The first kappa shape index (κ1) is 14.8. The van der Waals surface area contributed by atoms with Gasteiger partial charge >= 0.3 is 0 Å². The van der Waals surface area contributed by atoms with Crippen LogP contribution in [-0.2, 0) is 0 Å². The number of ether oxygens (including phenoxy) is 1. The number of hydrogen-bond acceptors (Lipinski definition) is 2. The van der Waals surface area contributed by atoms with Crippen molar-refractivity contribution in [1.29, 1.82) is 0 Å².